The normalized spacial score (nSPS) is 11.8. The van der Waals surface area contributed by atoms with Crippen LogP contribution >= 0.6 is 0 Å². The average molecular weight is 388 g/mol. The van der Waals surface area contributed by atoms with Crippen LogP contribution in [0.5, 0.6) is 17.8 Å². The summed E-state index contributed by atoms with van der Waals surface area (Å²) in [4.78, 5) is 17.8. The van der Waals surface area contributed by atoms with Gasteiger partial charge in [-0.1, -0.05) is 42.5 Å². The Hall–Kier alpha value is -3.74. The molecule has 0 radical (unpaired) electrons. The molecular weight excluding hydrogens is 368 g/mol. The number of ether oxygens (including phenoxy) is 3. The van der Waals surface area contributed by atoms with E-state index in [2.05, 4.69) is 15.0 Å². The van der Waals surface area contributed by atoms with Crippen LogP contribution in [0.25, 0.3) is 11.0 Å². The molecule has 0 aliphatic rings. The maximum absolute atomic E-state index is 6.15. The van der Waals surface area contributed by atoms with Crippen molar-refractivity contribution in [2.75, 3.05) is 14.2 Å². The highest BCUT2D eigenvalue weighted by molar-refractivity contribution is 5.73. The SMILES string of the molecule is COc1cc(OC)nc(OC(Cc2cnc3ccccc3n2)c2ccccc2)n1. The Kier molecular flexibility index (Phi) is 5.47. The van der Waals surface area contributed by atoms with Crippen LogP contribution in [-0.2, 0) is 6.42 Å². The summed E-state index contributed by atoms with van der Waals surface area (Å²) in [6.07, 6.45) is 1.92. The molecule has 1 unspecified atom stereocenters. The quantitative estimate of drug-likeness (QED) is 0.476. The Morgan fingerprint density at radius 1 is 0.793 bits per heavy atom. The highest BCUT2D eigenvalue weighted by Gasteiger charge is 2.18. The van der Waals surface area contributed by atoms with E-state index in [0.29, 0.717) is 18.2 Å². The first-order chi connectivity index (χ1) is 14.2. The Labute approximate surface area is 168 Å². The minimum Gasteiger partial charge on any atom is -0.481 e. The van der Waals surface area contributed by atoms with Gasteiger partial charge in [-0.05, 0) is 17.7 Å². The van der Waals surface area contributed by atoms with Gasteiger partial charge in [-0.2, -0.15) is 9.97 Å². The van der Waals surface area contributed by atoms with Crippen LogP contribution in [0.4, 0.5) is 0 Å². The molecule has 4 aromatic rings. The molecular formula is C22H20N4O3. The number of hydrogen-bond acceptors (Lipinski definition) is 7. The summed E-state index contributed by atoms with van der Waals surface area (Å²) in [7, 11) is 3.07. The predicted octanol–water partition coefficient (Wildman–Crippen LogP) is 3.80. The lowest BCUT2D eigenvalue weighted by molar-refractivity contribution is 0.182. The zero-order valence-corrected chi connectivity index (χ0v) is 16.1. The van der Waals surface area contributed by atoms with E-state index < -0.39 is 0 Å². The summed E-state index contributed by atoms with van der Waals surface area (Å²) in [5, 5.41) is 0. The molecule has 29 heavy (non-hydrogen) atoms. The number of benzene rings is 2. The van der Waals surface area contributed by atoms with Gasteiger partial charge in [0.05, 0.1) is 37.0 Å². The van der Waals surface area contributed by atoms with Crippen LogP contribution in [0.2, 0.25) is 0 Å². The van der Waals surface area contributed by atoms with Crippen LogP contribution in [0.3, 0.4) is 0 Å². The van der Waals surface area contributed by atoms with Crippen molar-refractivity contribution >= 4 is 11.0 Å². The number of methoxy groups -OCH3 is 2. The smallest absolute Gasteiger partial charge is 0.323 e. The molecule has 0 N–H and O–H groups in total. The van der Waals surface area contributed by atoms with Crippen LogP contribution in [-0.4, -0.2) is 34.2 Å². The Morgan fingerprint density at radius 2 is 1.45 bits per heavy atom. The lowest BCUT2D eigenvalue weighted by Crippen LogP contribution is -2.14. The summed E-state index contributed by atoms with van der Waals surface area (Å²) in [6, 6.07) is 19.4. The summed E-state index contributed by atoms with van der Waals surface area (Å²) >= 11 is 0. The molecule has 0 fully saturated rings. The second-order valence-electron chi connectivity index (χ2n) is 6.31. The first-order valence-corrected chi connectivity index (χ1v) is 9.14. The molecule has 2 aromatic carbocycles. The molecule has 0 aliphatic carbocycles. The summed E-state index contributed by atoms with van der Waals surface area (Å²) < 4.78 is 16.6. The summed E-state index contributed by atoms with van der Waals surface area (Å²) in [6.45, 7) is 0. The lowest BCUT2D eigenvalue weighted by Gasteiger charge is -2.18. The number of aromatic nitrogens is 4. The van der Waals surface area contributed by atoms with Crippen molar-refractivity contribution < 1.29 is 14.2 Å². The third kappa shape index (κ3) is 4.40. The Balaban J connectivity index is 1.66. The number of hydrogen-bond donors (Lipinski definition) is 0. The Morgan fingerprint density at radius 3 is 2.14 bits per heavy atom. The largest absolute Gasteiger partial charge is 0.481 e. The van der Waals surface area contributed by atoms with Gasteiger partial charge in [-0.25, -0.2) is 4.98 Å². The fraction of sp³-hybridized carbons (Fsp3) is 0.182. The van der Waals surface area contributed by atoms with Gasteiger partial charge >= 0.3 is 6.01 Å². The monoisotopic (exact) mass is 388 g/mol. The van der Waals surface area contributed by atoms with Gasteiger partial charge in [0.1, 0.15) is 6.10 Å². The lowest BCUT2D eigenvalue weighted by atomic mass is 10.0. The second-order valence-corrected chi connectivity index (χ2v) is 6.31. The standard InChI is InChI=1S/C22H20N4O3/c1-27-20-13-21(28-2)26-22(25-20)29-19(15-8-4-3-5-9-15)12-16-14-23-17-10-6-7-11-18(17)24-16/h3-11,13-14,19H,12H2,1-2H3. The van der Waals surface area contributed by atoms with E-state index in [0.717, 1.165) is 22.3 Å². The minimum atomic E-state index is -0.358. The van der Waals surface area contributed by atoms with Crippen molar-refractivity contribution in [2.45, 2.75) is 12.5 Å². The van der Waals surface area contributed by atoms with Crippen LogP contribution in [0, 0.1) is 0 Å². The van der Waals surface area contributed by atoms with Crippen molar-refractivity contribution in [3.8, 4) is 17.8 Å². The number of fused-ring (bicyclic) bond motifs is 1. The van der Waals surface area contributed by atoms with Crippen molar-refractivity contribution in [1.29, 1.82) is 0 Å². The van der Waals surface area contributed by atoms with Gasteiger partial charge < -0.3 is 14.2 Å². The minimum absolute atomic E-state index is 0.170. The molecule has 0 amide bonds. The molecule has 0 saturated carbocycles. The van der Waals surface area contributed by atoms with Crippen molar-refractivity contribution in [2.24, 2.45) is 0 Å². The first kappa shape index (κ1) is 18.6. The predicted molar refractivity (Wildman–Crippen MR) is 108 cm³/mol. The fourth-order valence-corrected chi connectivity index (χ4v) is 2.95. The second kappa shape index (κ2) is 8.52. The third-order valence-electron chi connectivity index (χ3n) is 4.39. The maximum Gasteiger partial charge on any atom is 0.323 e. The van der Waals surface area contributed by atoms with E-state index in [1.165, 1.54) is 14.2 Å². The highest BCUT2D eigenvalue weighted by Crippen LogP contribution is 2.26. The van der Waals surface area contributed by atoms with Gasteiger partial charge in [-0.3, -0.25) is 4.98 Å². The van der Waals surface area contributed by atoms with E-state index in [1.54, 1.807) is 12.3 Å². The third-order valence-corrected chi connectivity index (χ3v) is 4.39. The Bertz CT molecular complexity index is 1080. The van der Waals surface area contributed by atoms with E-state index >= 15 is 0 Å². The molecule has 7 nitrogen and oxygen atoms in total. The average Bonchev–Trinajstić information content (AvgIpc) is 2.79. The molecule has 0 saturated heterocycles. The molecule has 4 rings (SSSR count). The van der Waals surface area contributed by atoms with Crippen molar-refractivity contribution in [3.63, 3.8) is 0 Å². The van der Waals surface area contributed by atoms with Crippen LogP contribution in [0.1, 0.15) is 17.4 Å². The molecule has 2 heterocycles. The van der Waals surface area contributed by atoms with Crippen molar-refractivity contribution in [1.82, 2.24) is 19.9 Å². The topological polar surface area (TPSA) is 79.2 Å². The van der Waals surface area contributed by atoms with Gasteiger partial charge in [0.25, 0.3) is 0 Å². The molecule has 0 aliphatic heterocycles. The van der Waals surface area contributed by atoms with E-state index in [4.69, 9.17) is 19.2 Å². The zero-order chi connectivity index (χ0) is 20.1. The first-order valence-electron chi connectivity index (χ1n) is 9.14. The molecule has 146 valence electrons. The van der Waals surface area contributed by atoms with Crippen LogP contribution < -0.4 is 14.2 Å². The molecule has 0 spiro atoms. The van der Waals surface area contributed by atoms with Gasteiger partial charge in [0.2, 0.25) is 11.8 Å². The van der Waals surface area contributed by atoms with Crippen molar-refractivity contribution in [3.05, 3.63) is 78.1 Å². The summed E-state index contributed by atoms with van der Waals surface area (Å²) in [5.74, 6) is 0.730. The van der Waals surface area contributed by atoms with Gasteiger partial charge in [-0.15, -0.1) is 0 Å². The number of nitrogens with zero attached hydrogens (tertiary/aromatic N) is 4. The molecule has 1 atom stereocenters. The number of rotatable bonds is 7. The molecule has 0 bridgehead atoms. The zero-order valence-electron chi connectivity index (χ0n) is 16.1. The highest BCUT2D eigenvalue weighted by atomic mass is 16.5. The van der Waals surface area contributed by atoms with Crippen LogP contribution in [0.15, 0.2) is 66.9 Å². The maximum atomic E-state index is 6.15. The van der Waals surface area contributed by atoms with Gasteiger partial charge in [0.15, 0.2) is 0 Å². The number of para-hydroxylation sites is 2. The van der Waals surface area contributed by atoms with Gasteiger partial charge in [0, 0.05) is 12.6 Å². The summed E-state index contributed by atoms with van der Waals surface area (Å²) in [5.41, 5.74) is 3.49. The van der Waals surface area contributed by atoms with E-state index in [9.17, 15) is 0 Å². The van der Waals surface area contributed by atoms with E-state index in [1.807, 2.05) is 54.6 Å². The molecule has 7 heteroatoms. The fourth-order valence-electron chi connectivity index (χ4n) is 2.95. The molecule has 2 aromatic heterocycles. The van der Waals surface area contributed by atoms with E-state index in [-0.39, 0.29) is 12.1 Å².